The molecule has 1 rings (SSSR count). The first-order valence-electron chi connectivity index (χ1n) is 5.88. The number of hydrogen-bond donors (Lipinski definition) is 2. The lowest BCUT2D eigenvalue weighted by molar-refractivity contribution is -0.386. The molecular formula is C12H14N2O8. The Balaban J connectivity index is 3.48. The maximum atomic E-state index is 11.3. The van der Waals surface area contributed by atoms with Crippen molar-refractivity contribution in [2.24, 2.45) is 5.73 Å². The zero-order valence-electron chi connectivity index (χ0n) is 11.8. The Morgan fingerprint density at radius 1 is 1.32 bits per heavy atom. The van der Waals surface area contributed by atoms with Crippen LogP contribution in [0.5, 0.6) is 11.5 Å². The van der Waals surface area contributed by atoms with Gasteiger partial charge < -0.3 is 25.1 Å². The van der Waals surface area contributed by atoms with Crippen molar-refractivity contribution in [2.45, 2.75) is 6.10 Å². The van der Waals surface area contributed by atoms with E-state index in [1.165, 1.54) is 14.2 Å². The lowest BCUT2D eigenvalue weighted by Gasteiger charge is -2.16. The van der Waals surface area contributed by atoms with Crippen molar-refractivity contribution >= 4 is 17.6 Å². The molecule has 1 aromatic rings. The van der Waals surface area contributed by atoms with Gasteiger partial charge in [0.2, 0.25) is 6.10 Å². The van der Waals surface area contributed by atoms with Crippen LogP contribution in [0.15, 0.2) is 12.1 Å². The minimum atomic E-state index is -1.89. The van der Waals surface area contributed by atoms with Gasteiger partial charge in [-0.05, 0) is 6.07 Å². The highest BCUT2D eigenvalue weighted by Gasteiger charge is 2.33. The zero-order valence-corrected chi connectivity index (χ0v) is 11.8. The number of rotatable bonds is 7. The molecule has 0 spiro atoms. The van der Waals surface area contributed by atoms with E-state index in [-0.39, 0.29) is 17.1 Å². The third-order valence-corrected chi connectivity index (χ3v) is 2.65. The predicted octanol–water partition coefficient (Wildman–Crippen LogP) is 0.240. The van der Waals surface area contributed by atoms with Crippen molar-refractivity contribution in [2.75, 3.05) is 20.8 Å². The Kier molecular flexibility index (Phi) is 5.64. The van der Waals surface area contributed by atoms with Crippen LogP contribution in [-0.2, 0) is 14.3 Å². The monoisotopic (exact) mass is 314 g/mol. The average molecular weight is 314 g/mol. The molecule has 0 radical (unpaired) electrons. The second-order valence-electron chi connectivity index (χ2n) is 3.94. The Bertz CT molecular complexity index is 601. The van der Waals surface area contributed by atoms with Crippen LogP contribution >= 0.6 is 0 Å². The van der Waals surface area contributed by atoms with Crippen LogP contribution in [-0.4, -0.2) is 42.7 Å². The minimum absolute atomic E-state index is 0.0345. The van der Waals surface area contributed by atoms with Gasteiger partial charge in [-0.3, -0.25) is 14.9 Å². The number of carbonyl (C=O) groups is 2. The van der Waals surface area contributed by atoms with Crippen LogP contribution in [0, 0.1) is 10.1 Å². The van der Waals surface area contributed by atoms with Crippen molar-refractivity contribution in [1.82, 2.24) is 0 Å². The van der Waals surface area contributed by atoms with Gasteiger partial charge in [-0.25, -0.2) is 4.79 Å². The fourth-order valence-corrected chi connectivity index (χ4v) is 1.68. The van der Waals surface area contributed by atoms with Crippen molar-refractivity contribution in [1.29, 1.82) is 0 Å². The van der Waals surface area contributed by atoms with E-state index in [0.717, 1.165) is 12.1 Å². The molecule has 0 saturated carbocycles. The summed E-state index contributed by atoms with van der Waals surface area (Å²) < 4.78 is 14.5. The Morgan fingerprint density at radius 3 is 2.27 bits per heavy atom. The van der Waals surface area contributed by atoms with Gasteiger partial charge in [0.15, 0.2) is 11.5 Å². The fourth-order valence-electron chi connectivity index (χ4n) is 1.68. The number of nitro benzene ring substituents is 1. The molecule has 22 heavy (non-hydrogen) atoms. The third-order valence-electron chi connectivity index (χ3n) is 2.65. The van der Waals surface area contributed by atoms with Crippen molar-refractivity contribution in [3.8, 4) is 11.5 Å². The zero-order chi connectivity index (χ0) is 16.9. The topological polar surface area (TPSA) is 151 Å². The normalized spacial score (nSPS) is 11.4. The maximum Gasteiger partial charge on any atom is 0.350 e. The summed E-state index contributed by atoms with van der Waals surface area (Å²) in [5.74, 6) is -2.51. The number of esters is 1. The number of ether oxygens (including phenoxy) is 3. The fraction of sp³-hybridized carbons (Fsp3) is 0.333. The molecule has 0 bridgehead atoms. The molecule has 1 atom stereocenters. The van der Waals surface area contributed by atoms with Gasteiger partial charge in [0.25, 0.3) is 5.69 Å². The van der Waals surface area contributed by atoms with Crippen LogP contribution < -0.4 is 15.2 Å². The lowest BCUT2D eigenvalue weighted by atomic mass is 10.1. The number of carboxylic acids is 1. The van der Waals surface area contributed by atoms with E-state index >= 15 is 0 Å². The number of nitrogens with two attached hydrogens (primary N) is 1. The molecule has 10 heteroatoms. The second-order valence-corrected chi connectivity index (χ2v) is 3.94. The highest BCUT2D eigenvalue weighted by Crippen LogP contribution is 2.38. The van der Waals surface area contributed by atoms with Gasteiger partial charge in [-0.2, -0.15) is 0 Å². The van der Waals surface area contributed by atoms with E-state index in [0.29, 0.717) is 0 Å². The van der Waals surface area contributed by atoms with Gasteiger partial charge in [-0.15, -0.1) is 0 Å². The molecule has 0 aliphatic carbocycles. The maximum absolute atomic E-state index is 11.3. The average Bonchev–Trinajstić information content (AvgIpc) is 2.50. The molecule has 1 unspecified atom stereocenters. The summed E-state index contributed by atoms with van der Waals surface area (Å²) in [5.41, 5.74) is 4.10. The number of aliphatic carboxylic acids is 1. The van der Waals surface area contributed by atoms with Gasteiger partial charge in [0, 0.05) is 0 Å². The SMILES string of the molecule is COc1cc(C(OC(=O)CN)C(=O)O)c([N+](=O)[O-])cc1OC. The molecule has 0 amide bonds. The number of benzene rings is 1. The van der Waals surface area contributed by atoms with Crippen LogP contribution in [0.3, 0.4) is 0 Å². The summed E-state index contributed by atoms with van der Waals surface area (Å²) in [6.45, 7) is -0.565. The molecule has 0 aromatic heterocycles. The number of methoxy groups -OCH3 is 2. The molecule has 0 fully saturated rings. The highest BCUT2D eigenvalue weighted by atomic mass is 16.6. The molecule has 3 N–H and O–H groups in total. The number of hydrogen-bond acceptors (Lipinski definition) is 8. The molecule has 0 aliphatic rings. The van der Waals surface area contributed by atoms with Crippen LogP contribution in [0.1, 0.15) is 11.7 Å². The lowest BCUT2D eigenvalue weighted by Crippen LogP contribution is -2.25. The summed E-state index contributed by atoms with van der Waals surface area (Å²) in [5, 5.41) is 20.3. The molecule has 120 valence electrons. The Hall–Kier alpha value is -2.88. The number of carbonyl (C=O) groups excluding carboxylic acids is 1. The van der Waals surface area contributed by atoms with Gasteiger partial charge in [0.1, 0.15) is 0 Å². The van der Waals surface area contributed by atoms with Crippen LogP contribution in [0.4, 0.5) is 5.69 Å². The van der Waals surface area contributed by atoms with Gasteiger partial charge in [0.05, 0.1) is 37.3 Å². The smallest absolute Gasteiger partial charge is 0.350 e. The Morgan fingerprint density at radius 2 is 1.86 bits per heavy atom. The van der Waals surface area contributed by atoms with Gasteiger partial charge >= 0.3 is 11.9 Å². The quantitative estimate of drug-likeness (QED) is 0.409. The Labute approximate surface area is 124 Å². The minimum Gasteiger partial charge on any atom is -0.493 e. The molecule has 0 saturated heterocycles. The summed E-state index contributed by atoms with van der Waals surface area (Å²) >= 11 is 0. The summed E-state index contributed by atoms with van der Waals surface area (Å²) in [4.78, 5) is 32.8. The highest BCUT2D eigenvalue weighted by molar-refractivity contribution is 5.81. The molecule has 10 nitrogen and oxygen atoms in total. The van der Waals surface area contributed by atoms with Crippen LogP contribution in [0.2, 0.25) is 0 Å². The van der Waals surface area contributed by atoms with E-state index in [1.807, 2.05) is 0 Å². The molecule has 0 heterocycles. The first-order valence-corrected chi connectivity index (χ1v) is 5.88. The first kappa shape index (κ1) is 17.2. The van der Waals surface area contributed by atoms with E-state index < -0.39 is 35.2 Å². The number of nitrogens with zero attached hydrogens (tertiary/aromatic N) is 1. The van der Waals surface area contributed by atoms with Crippen molar-refractivity contribution in [3.05, 3.63) is 27.8 Å². The molecular weight excluding hydrogens is 300 g/mol. The van der Waals surface area contributed by atoms with E-state index in [1.54, 1.807) is 0 Å². The summed E-state index contributed by atoms with van der Waals surface area (Å²) in [7, 11) is 2.54. The summed E-state index contributed by atoms with van der Waals surface area (Å²) in [6.07, 6.45) is -1.89. The number of carboxylic acid groups (broad SMARTS) is 1. The molecule has 1 aromatic carbocycles. The molecule has 0 aliphatic heterocycles. The van der Waals surface area contributed by atoms with Gasteiger partial charge in [-0.1, -0.05) is 0 Å². The third kappa shape index (κ3) is 3.61. The van der Waals surface area contributed by atoms with E-state index in [2.05, 4.69) is 4.74 Å². The van der Waals surface area contributed by atoms with E-state index in [4.69, 9.17) is 20.3 Å². The first-order chi connectivity index (χ1) is 10.3. The summed E-state index contributed by atoms with van der Waals surface area (Å²) in [6, 6.07) is 2.06. The van der Waals surface area contributed by atoms with E-state index in [9.17, 15) is 19.7 Å². The number of nitro groups is 1. The van der Waals surface area contributed by atoms with Crippen molar-refractivity contribution in [3.63, 3.8) is 0 Å². The van der Waals surface area contributed by atoms with Crippen molar-refractivity contribution < 1.29 is 33.8 Å². The van der Waals surface area contributed by atoms with Crippen LogP contribution in [0.25, 0.3) is 0 Å². The largest absolute Gasteiger partial charge is 0.493 e. The second kappa shape index (κ2) is 7.22. The standard InChI is InChI=1S/C12H14N2O8/c1-20-8-3-6(7(14(18)19)4-9(8)21-2)11(12(16)17)22-10(15)5-13/h3-4,11H,5,13H2,1-2H3,(H,16,17). The predicted molar refractivity (Wildman–Crippen MR) is 71.7 cm³/mol.